The summed E-state index contributed by atoms with van der Waals surface area (Å²) in [6.45, 7) is 3.85. The molecule has 8 heteroatoms. The Morgan fingerprint density at radius 1 is 1.30 bits per heavy atom. The van der Waals surface area contributed by atoms with Gasteiger partial charge in [0, 0.05) is 38.3 Å². The van der Waals surface area contributed by atoms with Crippen LogP contribution in [0.1, 0.15) is 30.5 Å². The highest BCUT2D eigenvalue weighted by molar-refractivity contribution is 5.80. The summed E-state index contributed by atoms with van der Waals surface area (Å²) in [5, 5.41) is 4.27. The molecular weight excluding hydrogens is 383 g/mol. The molecule has 0 spiro atoms. The first-order chi connectivity index (χ1) is 14.5. The predicted molar refractivity (Wildman–Crippen MR) is 113 cm³/mol. The molecule has 158 valence electrons. The molecule has 1 saturated heterocycles. The second kappa shape index (κ2) is 8.77. The van der Waals surface area contributed by atoms with E-state index in [2.05, 4.69) is 21.1 Å². The molecular formula is C22H27FN6O. The number of carbonyl (C=O) groups excluding carboxylic acids is 1. The molecule has 1 unspecified atom stereocenters. The minimum atomic E-state index is -0.301. The van der Waals surface area contributed by atoms with Crippen molar-refractivity contribution >= 4 is 17.4 Å². The van der Waals surface area contributed by atoms with E-state index in [4.69, 9.17) is 0 Å². The van der Waals surface area contributed by atoms with Crippen LogP contribution in [0.3, 0.4) is 0 Å². The van der Waals surface area contributed by atoms with E-state index in [-0.39, 0.29) is 17.6 Å². The third kappa shape index (κ3) is 4.27. The van der Waals surface area contributed by atoms with Crippen molar-refractivity contribution in [3.8, 4) is 0 Å². The summed E-state index contributed by atoms with van der Waals surface area (Å²) < 4.78 is 15.3. The number of anilines is 1. The fourth-order valence-corrected chi connectivity index (χ4v) is 4.03. The summed E-state index contributed by atoms with van der Waals surface area (Å²) >= 11 is 0. The van der Waals surface area contributed by atoms with Gasteiger partial charge in [0.05, 0.1) is 6.20 Å². The van der Waals surface area contributed by atoms with Crippen LogP contribution in [0.15, 0.2) is 36.8 Å². The van der Waals surface area contributed by atoms with Gasteiger partial charge in [0.25, 0.3) is 0 Å². The summed E-state index contributed by atoms with van der Waals surface area (Å²) in [7, 11) is 1.92. The quantitative estimate of drug-likeness (QED) is 0.571. The molecule has 0 radical (unpaired) electrons. The summed E-state index contributed by atoms with van der Waals surface area (Å²) in [6.07, 6.45) is 6.43. The molecule has 7 nitrogen and oxygen atoms in total. The molecule has 3 aromatic rings. The SMILES string of the molecule is Cc1cc(N(C)CCN2CCC(CCCc3cccc4ncnn34)C2=O)ncc1F. The van der Waals surface area contributed by atoms with Crippen LogP contribution in [0.4, 0.5) is 10.2 Å². The van der Waals surface area contributed by atoms with Crippen molar-refractivity contribution in [2.45, 2.75) is 32.6 Å². The van der Waals surface area contributed by atoms with Crippen molar-refractivity contribution in [2.24, 2.45) is 5.92 Å². The monoisotopic (exact) mass is 410 g/mol. The lowest BCUT2D eigenvalue weighted by atomic mass is 10.00. The Balaban J connectivity index is 1.25. The molecule has 0 aromatic carbocycles. The van der Waals surface area contributed by atoms with Crippen LogP contribution in [0.25, 0.3) is 5.65 Å². The fourth-order valence-electron chi connectivity index (χ4n) is 4.03. The topological polar surface area (TPSA) is 66.6 Å². The van der Waals surface area contributed by atoms with Crippen molar-refractivity contribution in [3.05, 3.63) is 53.9 Å². The number of halogens is 1. The van der Waals surface area contributed by atoms with E-state index in [9.17, 15) is 9.18 Å². The van der Waals surface area contributed by atoms with Gasteiger partial charge in [-0.15, -0.1) is 0 Å². The average Bonchev–Trinajstić information content (AvgIpc) is 3.36. The Hall–Kier alpha value is -3.03. The van der Waals surface area contributed by atoms with Gasteiger partial charge in [-0.1, -0.05) is 6.07 Å². The van der Waals surface area contributed by atoms with Gasteiger partial charge in [-0.2, -0.15) is 5.10 Å². The molecule has 1 atom stereocenters. The Kier molecular flexibility index (Phi) is 5.92. The average molecular weight is 410 g/mol. The number of carbonyl (C=O) groups is 1. The molecule has 3 aromatic heterocycles. The lowest BCUT2D eigenvalue weighted by molar-refractivity contribution is -0.131. The van der Waals surface area contributed by atoms with E-state index >= 15 is 0 Å². The summed E-state index contributed by atoms with van der Waals surface area (Å²) in [4.78, 5) is 25.0. The molecule has 0 aliphatic carbocycles. The molecule has 1 aliphatic heterocycles. The maximum atomic E-state index is 13.4. The van der Waals surface area contributed by atoms with Crippen LogP contribution < -0.4 is 4.90 Å². The normalized spacial score (nSPS) is 16.6. The highest BCUT2D eigenvalue weighted by atomic mass is 19.1. The first-order valence-corrected chi connectivity index (χ1v) is 10.4. The fraction of sp³-hybridized carbons (Fsp3) is 0.455. The largest absolute Gasteiger partial charge is 0.358 e. The van der Waals surface area contributed by atoms with Gasteiger partial charge in [0.1, 0.15) is 18.0 Å². The van der Waals surface area contributed by atoms with Gasteiger partial charge >= 0.3 is 0 Å². The minimum absolute atomic E-state index is 0.0939. The molecule has 4 heterocycles. The van der Waals surface area contributed by atoms with Crippen LogP contribution in [0.2, 0.25) is 0 Å². The zero-order valence-electron chi connectivity index (χ0n) is 17.5. The molecule has 30 heavy (non-hydrogen) atoms. The van der Waals surface area contributed by atoms with Crippen molar-refractivity contribution in [3.63, 3.8) is 0 Å². The third-order valence-corrected chi connectivity index (χ3v) is 5.90. The van der Waals surface area contributed by atoms with Crippen LogP contribution >= 0.6 is 0 Å². The summed E-state index contributed by atoms with van der Waals surface area (Å²) in [5.41, 5.74) is 2.55. The standard InChI is InChI=1S/C22H27FN6O/c1-16-13-21(24-14-19(16)23)27(2)11-12-28-10-9-17(22(28)30)5-3-6-18-7-4-8-20-25-15-26-29(18)20/h4,7-8,13-15,17H,3,5-6,9-12H2,1-2H3. The zero-order valence-corrected chi connectivity index (χ0v) is 17.5. The number of rotatable bonds is 8. The summed E-state index contributed by atoms with van der Waals surface area (Å²) in [5.74, 6) is 0.756. The molecule has 0 bridgehead atoms. The van der Waals surface area contributed by atoms with Gasteiger partial charge in [0.15, 0.2) is 5.65 Å². The smallest absolute Gasteiger partial charge is 0.225 e. The van der Waals surface area contributed by atoms with E-state index in [0.29, 0.717) is 18.7 Å². The number of nitrogens with zero attached hydrogens (tertiary/aromatic N) is 6. The molecule has 0 saturated carbocycles. The van der Waals surface area contributed by atoms with E-state index < -0.39 is 0 Å². The third-order valence-electron chi connectivity index (χ3n) is 5.90. The predicted octanol–water partition coefficient (Wildman–Crippen LogP) is 2.88. The maximum absolute atomic E-state index is 13.4. The Bertz CT molecular complexity index is 1040. The number of likely N-dealkylation sites (N-methyl/N-ethyl adjacent to an activating group) is 1. The molecule has 4 rings (SSSR count). The second-order valence-corrected chi connectivity index (χ2v) is 7.96. The van der Waals surface area contributed by atoms with E-state index in [1.54, 1.807) is 19.3 Å². The minimum Gasteiger partial charge on any atom is -0.358 e. The number of hydrogen-bond acceptors (Lipinski definition) is 5. The molecule has 1 fully saturated rings. The van der Waals surface area contributed by atoms with Gasteiger partial charge in [-0.25, -0.2) is 18.9 Å². The van der Waals surface area contributed by atoms with Crippen LogP contribution in [-0.4, -0.2) is 57.1 Å². The first kappa shape index (κ1) is 20.3. The highest BCUT2D eigenvalue weighted by Gasteiger charge is 2.30. The van der Waals surface area contributed by atoms with Crippen LogP contribution in [0, 0.1) is 18.7 Å². The van der Waals surface area contributed by atoms with Crippen molar-refractivity contribution < 1.29 is 9.18 Å². The number of fused-ring (bicyclic) bond motifs is 1. The van der Waals surface area contributed by atoms with Crippen LogP contribution in [0.5, 0.6) is 0 Å². The summed E-state index contributed by atoms with van der Waals surface area (Å²) in [6, 6.07) is 7.73. The van der Waals surface area contributed by atoms with Crippen LogP contribution in [-0.2, 0) is 11.2 Å². The number of aromatic nitrogens is 4. The van der Waals surface area contributed by atoms with Gasteiger partial charge in [-0.3, -0.25) is 4.79 Å². The Morgan fingerprint density at radius 2 is 2.17 bits per heavy atom. The lowest BCUT2D eigenvalue weighted by Crippen LogP contribution is -2.35. The molecule has 1 aliphatic rings. The number of amides is 1. The van der Waals surface area contributed by atoms with Gasteiger partial charge < -0.3 is 9.80 Å². The number of likely N-dealkylation sites (tertiary alicyclic amines) is 1. The zero-order chi connectivity index (χ0) is 21.1. The Morgan fingerprint density at radius 3 is 3.00 bits per heavy atom. The first-order valence-electron chi connectivity index (χ1n) is 10.4. The lowest BCUT2D eigenvalue weighted by Gasteiger charge is -2.23. The van der Waals surface area contributed by atoms with Gasteiger partial charge in [0.2, 0.25) is 5.91 Å². The molecule has 0 N–H and O–H groups in total. The number of aryl methyl sites for hydroxylation is 2. The van der Waals surface area contributed by atoms with E-state index in [0.717, 1.165) is 49.4 Å². The van der Waals surface area contributed by atoms with E-state index in [1.165, 1.54) is 6.20 Å². The Labute approximate surface area is 175 Å². The molecule has 1 amide bonds. The van der Waals surface area contributed by atoms with Gasteiger partial charge in [-0.05, 0) is 56.4 Å². The van der Waals surface area contributed by atoms with Crippen molar-refractivity contribution in [2.75, 3.05) is 31.6 Å². The maximum Gasteiger partial charge on any atom is 0.225 e. The highest BCUT2D eigenvalue weighted by Crippen LogP contribution is 2.24. The number of pyridine rings is 2. The number of hydrogen-bond donors (Lipinski definition) is 0. The second-order valence-electron chi connectivity index (χ2n) is 7.96. The van der Waals surface area contributed by atoms with E-state index in [1.807, 2.05) is 33.5 Å². The van der Waals surface area contributed by atoms with Crippen molar-refractivity contribution in [1.29, 1.82) is 0 Å². The van der Waals surface area contributed by atoms with Crippen molar-refractivity contribution in [1.82, 2.24) is 24.5 Å².